The first-order valence-corrected chi connectivity index (χ1v) is 9.26. The van der Waals surface area contributed by atoms with E-state index in [1.165, 1.54) is 0 Å². The van der Waals surface area contributed by atoms with Crippen LogP contribution in [-0.4, -0.2) is 22.1 Å². The molecule has 1 aromatic carbocycles. The van der Waals surface area contributed by atoms with Gasteiger partial charge in [-0.3, -0.25) is 0 Å². The fraction of sp³-hybridized carbons (Fsp3) is 0.409. The molecule has 3 atom stereocenters. The highest BCUT2D eigenvalue weighted by molar-refractivity contribution is 6.23. The van der Waals surface area contributed by atoms with Crippen molar-refractivity contribution in [2.45, 2.75) is 51.2 Å². The summed E-state index contributed by atoms with van der Waals surface area (Å²) in [6, 6.07) is 9.57. The van der Waals surface area contributed by atoms with Gasteiger partial charge in [-0.2, -0.15) is 0 Å². The van der Waals surface area contributed by atoms with Crippen molar-refractivity contribution in [3.63, 3.8) is 0 Å². The first-order valence-electron chi connectivity index (χ1n) is 8.82. The second kappa shape index (κ2) is 8.70. The Morgan fingerprint density at radius 2 is 2.08 bits per heavy atom. The van der Waals surface area contributed by atoms with Crippen LogP contribution in [0.4, 0.5) is 0 Å². The van der Waals surface area contributed by atoms with E-state index in [0.29, 0.717) is 0 Å². The van der Waals surface area contributed by atoms with E-state index in [4.69, 9.17) is 16.3 Å². The molecule has 1 aliphatic carbocycles. The molecule has 0 saturated heterocycles. The SMILES string of the molecule is C=C(C)[C@H]1CC=C(C)/C(=C\C[C@](C)(OCc2ccccc2)C(=O)O)[C@H]1Cl. The number of alkyl halides is 1. The van der Waals surface area contributed by atoms with E-state index in [9.17, 15) is 9.90 Å². The second-order valence-corrected chi connectivity index (χ2v) is 7.62. The number of carbonyl (C=O) groups is 1. The smallest absolute Gasteiger partial charge is 0.336 e. The number of carboxylic acid groups (broad SMARTS) is 1. The zero-order chi connectivity index (χ0) is 19.3. The number of rotatable bonds is 7. The van der Waals surface area contributed by atoms with Gasteiger partial charge in [0.05, 0.1) is 12.0 Å². The summed E-state index contributed by atoms with van der Waals surface area (Å²) in [5.74, 6) is -0.807. The molecule has 0 saturated carbocycles. The molecular weight excluding hydrogens is 348 g/mol. The molecular formula is C22H27ClO3. The largest absolute Gasteiger partial charge is 0.479 e. The molecule has 0 aromatic heterocycles. The van der Waals surface area contributed by atoms with Crippen LogP contribution < -0.4 is 0 Å². The van der Waals surface area contributed by atoms with E-state index in [1.54, 1.807) is 6.92 Å². The molecule has 0 spiro atoms. The van der Waals surface area contributed by atoms with Gasteiger partial charge in [0.15, 0.2) is 5.60 Å². The van der Waals surface area contributed by atoms with Crippen LogP contribution in [0, 0.1) is 5.92 Å². The highest BCUT2D eigenvalue weighted by Gasteiger charge is 2.35. The van der Waals surface area contributed by atoms with Crippen molar-refractivity contribution in [2.24, 2.45) is 5.92 Å². The van der Waals surface area contributed by atoms with Gasteiger partial charge >= 0.3 is 5.97 Å². The third-order valence-electron chi connectivity index (χ3n) is 4.98. The molecule has 0 aliphatic heterocycles. The Balaban J connectivity index is 2.16. The maximum atomic E-state index is 11.8. The number of hydrogen-bond donors (Lipinski definition) is 1. The summed E-state index contributed by atoms with van der Waals surface area (Å²) in [6.45, 7) is 9.88. The summed E-state index contributed by atoms with van der Waals surface area (Å²) < 4.78 is 5.79. The minimum Gasteiger partial charge on any atom is -0.479 e. The number of halogens is 1. The standard InChI is InChI=1S/C22H27ClO3/c1-15(2)18-11-10-16(3)19(20(18)23)12-13-22(4,21(24)25)26-14-17-8-6-5-7-9-17/h5-10,12,18,20H,1,11,13-14H2,2-4H3,(H,24,25)/b19-12+/t18-,20+,22+/m1/s1. The molecule has 2 rings (SSSR count). The lowest BCUT2D eigenvalue weighted by atomic mass is 9.81. The Morgan fingerprint density at radius 3 is 2.65 bits per heavy atom. The molecule has 0 heterocycles. The van der Waals surface area contributed by atoms with Crippen LogP contribution in [0.3, 0.4) is 0 Å². The Kier molecular flexibility index (Phi) is 6.85. The van der Waals surface area contributed by atoms with Crippen LogP contribution in [0.2, 0.25) is 0 Å². The van der Waals surface area contributed by atoms with E-state index in [2.05, 4.69) is 12.7 Å². The van der Waals surface area contributed by atoms with Gasteiger partial charge in [0.25, 0.3) is 0 Å². The van der Waals surface area contributed by atoms with Crippen LogP contribution >= 0.6 is 11.6 Å². The summed E-state index contributed by atoms with van der Waals surface area (Å²) in [6.07, 6.45) is 5.18. The Bertz CT molecular complexity index is 720. The van der Waals surface area contributed by atoms with Gasteiger partial charge in [0, 0.05) is 12.3 Å². The molecule has 140 valence electrons. The Labute approximate surface area is 161 Å². The number of allylic oxidation sites excluding steroid dienone is 4. The highest BCUT2D eigenvalue weighted by Crippen LogP contribution is 2.37. The monoisotopic (exact) mass is 374 g/mol. The molecule has 1 aromatic rings. The molecule has 1 aliphatic rings. The van der Waals surface area contributed by atoms with E-state index in [1.807, 2.05) is 50.3 Å². The number of hydrogen-bond acceptors (Lipinski definition) is 2. The van der Waals surface area contributed by atoms with Crippen LogP contribution in [0.25, 0.3) is 0 Å². The average molecular weight is 375 g/mol. The zero-order valence-corrected chi connectivity index (χ0v) is 16.4. The summed E-state index contributed by atoms with van der Waals surface area (Å²) in [4.78, 5) is 11.8. The van der Waals surface area contributed by atoms with Crippen molar-refractivity contribution in [3.05, 3.63) is 71.3 Å². The molecule has 3 nitrogen and oxygen atoms in total. The lowest BCUT2D eigenvalue weighted by molar-refractivity contribution is -0.164. The van der Waals surface area contributed by atoms with Crippen molar-refractivity contribution >= 4 is 17.6 Å². The van der Waals surface area contributed by atoms with Crippen LogP contribution in [0.15, 0.2) is 65.8 Å². The van der Waals surface area contributed by atoms with Crippen molar-refractivity contribution in [3.8, 4) is 0 Å². The topological polar surface area (TPSA) is 46.5 Å². The fourth-order valence-electron chi connectivity index (χ4n) is 3.03. The van der Waals surface area contributed by atoms with Gasteiger partial charge in [0.1, 0.15) is 0 Å². The molecule has 26 heavy (non-hydrogen) atoms. The van der Waals surface area contributed by atoms with E-state index in [0.717, 1.165) is 28.7 Å². The second-order valence-electron chi connectivity index (χ2n) is 7.15. The van der Waals surface area contributed by atoms with Crippen LogP contribution in [0.1, 0.15) is 39.2 Å². The van der Waals surface area contributed by atoms with Gasteiger partial charge < -0.3 is 9.84 Å². The maximum Gasteiger partial charge on any atom is 0.336 e. The van der Waals surface area contributed by atoms with Crippen molar-refractivity contribution in [2.75, 3.05) is 0 Å². The van der Waals surface area contributed by atoms with Gasteiger partial charge in [-0.05, 0) is 38.3 Å². The summed E-state index contributed by atoms with van der Waals surface area (Å²) in [5.41, 5.74) is 2.75. The number of ether oxygens (including phenoxy) is 1. The summed E-state index contributed by atoms with van der Waals surface area (Å²) >= 11 is 6.66. The van der Waals surface area contributed by atoms with Gasteiger partial charge in [-0.1, -0.05) is 60.2 Å². The zero-order valence-electron chi connectivity index (χ0n) is 15.7. The Hall–Kier alpha value is -1.84. The Morgan fingerprint density at radius 1 is 1.42 bits per heavy atom. The van der Waals surface area contributed by atoms with E-state index < -0.39 is 11.6 Å². The highest BCUT2D eigenvalue weighted by atomic mass is 35.5. The van der Waals surface area contributed by atoms with Gasteiger partial charge in [-0.25, -0.2) is 4.79 Å². The minimum atomic E-state index is -1.31. The first kappa shape index (κ1) is 20.5. The molecule has 4 heteroatoms. The lowest BCUT2D eigenvalue weighted by Crippen LogP contribution is -2.38. The minimum absolute atomic E-state index is 0.174. The van der Waals surface area contributed by atoms with Crippen molar-refractivity contribution in [1.82, 2.24) is 0 Å². The summed E-state index contributed by atoms with van der Waals surface area (Å²) in [7, 11) is 0. The maximum absolute atomic E-state index is 11.8. The molecule has 0 unspecified atom stereocenters. The van der Waals surface area contributed by atoms with E-state index >= 15 is 0 Å². The average Bonchev–Trinajstić information content (AvgIpc) is 2.60. The van der Waals surface area contributed by atoms with Crippen molar-refractivity contribution in [1.29, 1.82) is 0 Å². The molecule has 1 N–H and O–H groups in total. The number of benzene rings is 1. The lowest BCUT2D eigenvalue weighted by Gasteiger charge is -2.30. The van der Waals surface area contributed by atoms with E-state index in [-0.39, 0.29) is 24.3 Å². The molecule has 0 amide bonds. The molecule has 0 bridgehead atoms. The first-order chi connectivity index (χ1) is 12.2. The predicted octanol–water partition coefficient (Wildman–Crippen LogP) is 5.51. The normalized spacial score (nSPS) is 24.0. The van der Waals surface area contributed by atoms with Gasteiger partial charge in [0.2, 0.25) is 0 Å². The van der Waals surface area contributed by atoms with Gasteiger partial charge in [-0.15, -0.1) is 11.6 Å². The van der Waals surface area contributed by atoms with Crippen LogP contribution in [0.5, 0.6) is 0 Å². The molecule has 0 radical (unpaired) electrons. The number of carboxylic acids is 1. The third-order valence-corrected chi connectivity index (χ3v) is 5.52. The fourth-order valence-corrected chi connectivity index (χ4v) is 3.61. The third kappa shape index (κ3) is 4.87. The number of aliphatic carboxylic acids is 1. The van der Waals surface area contributed by atoms with Crippen molar-refractivity contribution < 1.29 is 14.6 Å². The van der Waals surface area contributed by atoms with Crippen LogP contribution in [-0.2, 0) is 16.1 Å². The summed E-state index contributed by atoms with van der Waals surface area (Å²) in [5, 5.41) is 9.51. The predicted molar refractivity (Wildman–Crippen MR) is 106 cm³/mol. The molecule has 0 fully saturated rings. The quantitative estimate of drug-likeness (QED) is 0.505.